The molecule has 0 N–H and O–H groups in total. The van der Waals surface area contributed by atoms with Gasteiger partial charge in [-0.25, -0.2) is 8.42 Å². The second kappa shape index (κ2) is 5.84. The molecule has 0 aromatic carbocycles. The van der Waals surface area contributed by atoms with Crippen molar-refractivity contribution in [2.24, 2.45) is 5.92 Å². The van der Waals surface area contributed by atoms with Crippen LogP contribution in [0.2, 0.25) is 0 Å². The van der Waals surface area contributed by atoms with Crippen LogP contribution in [0.4, 0.5) is 0 Å². The molecule has 1 aromatic heterocycles. The molecular weight excluding hydrogens is 346 g/mol. The van der Waals surface area contributed by atoms with Gasteiger partial charge in [0.05, 0.1) is 3.79 Å². The van der Waals surface area contributed by atoms with E-state index >= 15 is 0 Å². The van der Waals surface area contributed by atoms with Crippen molar-refractivity contribution in [2.45, 2.75) is 49.8 Å². The number of halogens is 1. The minimum absolute atomic E-state index is 0.139. The first-order chi connectivity index (χ1) is 8.84. The number of rotatable bonds is 3. The summed E-state index contributed by atoms with van der Waals surface area (Å²) < 4.78 is 28.2. The summed E-state index contributed by atoms with van der Waals surface area (Å²) in [5.41, 5.74) is 0.980. The Morgan fingerprint density at radius 3 is 2.53 bits per heavy atom. The smallest absolute Gasteiger partial charge is 0.206 e. The molecular formula is C13H20BrNO2S2. The van der Waals surface area contributed by atoms with Gasteiger partial charge in [-0.05, 0) is 53.2 Å². The van der Waals surface area contributed by atoms with Gasteiger partial charge in [0.15, 0.2) is 0 Å². The lowest BCUT2D eigenvalue weighted by molar-refractivity contribution is 0.213. The Kier molecular flexibility index (Phi) is 4.75. The van der Waals surface area contributed by atoms with E-state index in [1.807, 2.05) is 6.92 Å². The van der Waals surface area contributed by atoms with Gasteiger partial charge in [0.1, 0.15) is 4.21 Å². The van der Waals surface area contributed by atoms with Gasteiger partial charge in [0.25, 0.3) is 10.0 Å². The van der Waals surface area contributed by atoms with Crippen LogP contribution in [0.15, 0.2) is 14.1 Å². The third-order valence-corrected chi connectivity index (χ3v) is 8.47. The summed E-state index contributed by atoms with van der Waals surface area (Å²) in [5, 5.41) is 0. The predicted molar refractivity (Wildman–Crippen MR) is 83.1 cm³/mol. The molecule has 2 rings (SSSR count). The maximum absolute atomic E-state index is 12.7. The molecule has 1 heterocycles. The average molecular weight is 366 g/mol. The molecule has 1 aromatic rings. The first kappa shape index (κ1) is 15.5. The van der Waals surface area contributed by atoms with E-state index in [1.165, 1.54) is 17.8 Å². The second-order valence-corrected chi connectivity index (χ2v) is 9.97. The molecule has 0 aliphatic heterocycles. The van der Waals surface area contributed by atoms with Crippen molar-refractivity contribution < 1.29 is 8.42 Å². The lowest BCUT2D eigenvalue weighted by Crippen LogP contribution is -2.42. The topological polar surface area (TPSA) is 37.4 Å². The molecule has 1 fully saturated rings. The van der Waals surface area contributed by atoms with Gasteiger partial charge in [-0.2, -0.15) is 4.31 Å². The summed E-state index contributed by atoms with van der Waals surface area (Å²) in [6, 6.07) is 1.90. The van der Waals surface area contributed by atoms with E-state index in [9.17, 15) is 8.42 Å². The first-order valence-electron chi connectivity index (χ1n) is 6.58. The van der Waals surface area contributed by atoms with Crippen LogP contribution in [0.3, 0.4) is 0 Å². The van der Waals surface area contributed by atoms with Crippen molar-refractivity contribution in [1.82, 2.24) is 4.31 Å². The molecule has 19 heavy (non-hydrogen) atoms. The van der Waals surface area contributed by atoms with Crippen LogP contribution >= 0.6 is 27.3 Å². The van der Waals surface area contributed by atoms with Crippen LogP contribution in [0.25, 0.3) is 0 Å². The Morgan fingerprint density at radius 1 is 1.37 bits per heavy atom. The number of thiophene rings is 1. The molecule has 2 unspecified atom stereocenters. The fourth-order valence-corrected chi connectivity index (χ4v) is 6.61. The largest absolute Gasteiger partial charge is 0.252 e. The summed E-state index contributed by atoms with van der Waals surface area (Å²) in [4.78, 5) is 0. The van der Waals surface area contributed by atoms with Crippen molar-refractivity contribution in [3.8, 4) is 0 Å². The summed E-state index contributed by atoms with van der Waals surface area (Å²) in [7, 11) is -1.62. The molecule has 3 nitrogen and oxygen atoms in total. The van der Waals surface area contributed by atoms with E-state index in [4.69, 9.17) is 0 Å². The highest BCUT2D eigenvalue weighted by molar-refractivity contribution is 9.11. The van der Waals surface area contributed by atoms with E-state index in [-0.39, 0.29) is 6.04 Å². The van der Waals surface area contributed by atoms with Gasteiger partial charge >= 0.3 is 0 Å². The van der Waals surface area contributed by atoms with E-state index in [1.54, 1.807) is 17.4 Å². The Bertz CT molecular complexity index is 533. The van der Waals surface area contributed by atoms with Crippen LogP contribution in [-0.4, -0.2) is 25.8 Å². The van der Waals surface area contributed by atoms with Crippen LogP contribution in [-0.2, 0) is 10.0 Å². The second-order valence-electron chi connectivity index (χ2n) is 5.37. The summed E-state index contributed by atoms with van der Waals surface area (Å²) in [6.45, 7) is 4.08. The highest BCUT2D eigenvalue weighted by Gasteiger charge is 2.34. The molecule has 1 saturated carbocycles. The van der Waals surface area contributed by atoms with Crippen molar-refractivity contribution >= 4 is 37.3 Å². The molecule has 0 spiro atoms. The maximum Gasteiger partial charge on any atom is 0.252 e. The lowest BCUT2D eigenvalue weighted by Gasteiger charge is -2.35. The SMILES string of the molecule is Cc1cc(S(=O)(=O)N(C)C2CCCCC2C)sc1Br. The maximum atomic E-state index is 12.7. The molecule has 1 aliphatic rings. The monoisotopic (exact) mass is 365 g/mol. The number of hydrogen-bond acceptors (Lipinski definition) is 3. The molecule has 0 radical (unpaired) electrons. The highest BCUT2D eigenvalue weighted by atomic mass is 79.9. The number of aryl methyl sites for hydroxylation is 1. The van der Waals surface area contributed by atoms with Gasteiger partial charge < -0.3 is 0 Å². The molecule has 0 bridgehead atoms. The van der Waals surface area contributed by atoms with Gasteiger partial charge in [0, 0.05) is 13.1 Å². The van der Waals surface area contributed by atoms with E-state index in [0.717, 1.165) is 28.6 Å². The molecule has 6 heteroatoms. The average Bonchev–Trinajstić information content (AvgIpc) is 2.70. The fraction of sp³-hybridized carbons (Fsp3) is 0.692. The normalized spacial score (nSPS) is 24.9. The molecule has 2 atom stereocenters. The Balaban J connectivity index is 2.28. The van der Waals surface area contributed by atoms with E-state index in [0.29, 0.717) is 10.1 Å². The standard InChI is InChI=1S/C13H20BrNO2S2/c1-9-6-4-5-7-11(9)15(3)19(16,17)12-8-10(2)13(14)18-12/h8-9,11H,4-7H2,1-3H3. The van der Waals surface area contributed by atoms with E-state index in [2.05, 4.69) is 22.9 Å². The Labute approximate surface area is 128 Å². The Hall–Kier alpha value is 0.0900. The molecule has 0 amide bonds. The van der Waals surface area contributed by atoms with Crippen LogP contribution in [0, 0.1) is 12.8 Å². The highest BCUT2D eigenvalue weighted by Crippen LogP contribution is 2.35. The Morgan fingerprint density at radius 2 is 2.00 bits per heavy atom. The third-order valence-electron chi connectivity index (χ3n) is 4.00. The van der Waals surface area contributed by atoms with Crippen molar-refractivity contribution in [2.75, 3.05) is 7.05 Å². The third kappa shape index (κ3) is 3.06. The first-order valence-corrected chi connectivity index (χ1v) is 9.63. The van der Waals surface area contributed by atoms with Crippen molar-refractivity contribution in [1.29, 1.82) is 0 Å². The fourth-order valence-electron chi connectivity index (χ4n) is 2.72. The number of hydrogen-bond donors (Lipinski definition) is 0. The van der Waals surface area contributed by atoms with Gasteiger partial charge in [-0.15, -0.1) is 11.3 Å². The lowest BCUT2D eigenvalue weighted by atomic mass is 9.86. The minimum Gasteiger partial charge on any atom is -0.206 e. The molecule has 1 aliphatic carbocycles. The zero-order valence-corrected chi connectivity index (χ0v) is 14.7. The molecule has 108 valence electrons. The zero-order valence-electron chi connectivity index (χ0n) is 11.5. The minimum atomic E-state index is -3.35. The summed E-state index contributed by atoms with van der Waals surface area (Å²) >= 11 is 4.70. The summed E-state index contributed by atoms with van der Waals surface area (Å²) in [5.74, 6) is 0.443. The van der Waals surface area contributed by atoms with Gasteiger partial charge in [0.2, 0.25) is 0 Å². The van der Waals surface area contributed by atoms with Crippen LogP contribution in [0.5, 0.6) is 0 Å². The van der Waals surface area contributed by atoms with Crippen molar-refractivity contribution in [3.63, 3.8) is 0 Å². The van der Waals surface area contributed by atoms with Gasteiger partial charge in [-0.3, -0.25) is 0 Å². The zero-order chi connectivity index (χ0) is 14.2. The van der Waals surface area contributed by atoms with Crippen LogP contribution < -0.4 is 0 Å². The van der Waals surface area contributed by atoms with Gasteiger partial charge in [-0.1, -0.05) is 19.8 Å². The van der Waals surface area contributed by atoms with Crippen molar-refractivity contribution in [3.05, 3.63) is 15.4 Å². The van der Waals surface area contributed by atoms with Crippen LogP contribution in [0.1, 0.15) is 38.2 Å². The van der Waals surface area contributed by atoms with E-state index < -0.39 is 10.0 Å². The molecule has 0 saturated heterocycles. The summed E-state index contributed by atoms with van der Waals surface area (Å²) in [6.07, 6.45) is 4.44. The number of sulfonamides is 1. The number of nitrogens with zero attached hydrogens (tertiary/aromatic N) is 1. The predicted octanol–water partition coefficient (Wildman–Crippen LogP) is 4.02. The quantitative estimate of drug-likeness (QED) is 0.810.